The summed E-state index contributed by atoms with van der Waals surface area (Å²) in [4.78, 5) is 0. The normalized spacial score (nSPS) is 16.1. The summed E-state index contributed by atoms with van der Waals surface area (Å²) in [6, 6.07) is 5.78. The lowest BCUT2D eigenvalue weighted by Gasteiger charge is -2.21. The van der Waals surface area contributed by atoms with E-state index in [2.05, 4.69) is 0 Å². The number of aliphatic hydroxyl groups is 1. The van der Waals surface area contributed by atoms with E-state index in [1.807, 2.05) is 0 Å². The Balaban J connectivity index is 2.90. The first-order valence-electron chi connectivity index (χ1n) is 4.32. The van der Waals surface area contributed by atoms with Crippen LogP contribution in [0.25, 0.3) is 0 Å². The van der Waals surface area contributed by atoms with Gasteiger partial charge in [0.05, 0.1) is 12.0 Å². The number of hydrogen-bond donors (Lipinski definition) is 1. The van der Waals surface area contributed by atoms with Crippen molar-refractivity contribution in [2.24, 2.45) is 5.92 Å². The van der Waals surface area contributed by atoms with Crippen LogP contribution in [0.2, 0.25) is 5.02 Å². The SMILES string of the molecule is C[C@H]([C@H](O)c1cccc(Cl)c1)C(F)(F)F. The summed E-state index contributed by atoms with van der Waals surface area (Å²) in [5.74, 6) is -1.81. The predicted molar refractivity (Wildman–Crippen MR) is 51.6 cm³/mol. The van der Waals surface area contributed by atoms with Crippen molar-refractivity contribution in [3.63, 3.8) is 0 Å². The largest absolute Gasteiger partial charge is 0.394 e. The fourth-order valence-corrected chi connectivity index (χ4v) is 1.36. The van der Waals surface area contributed by atoms with E-state index in [4.69, 9.17) is 11.6 Å². The second-order valence-corrected chi connectivity index (χ2v) is 3.77. The van der Waals surface area contributed by atoms with Crippen molar-refractivity contribution >= 4 is 11.6 Å². The van der Waals surface area contributed by atoms with Gasteiger partial charge < -0.3 is 5.11 Å². The Labute approximate surface area is 90.5 Å². The zero-order valence-electron chi connectivity index (χ0n) is 7.92. The smallest absolute Gasteiger partial charge is 0.388 e. The number of alkyl halides is 3. The second-order valence-electron chi connectivity index (χ2n) is 3.33. The highest BCUT2D eigenvalue weighted by atomic mass is 35.5. The van der Waals surface area contributed by atoms with Gasteiger partial charge in [-0.15, -0.1) is 0 Å². The quantitative estimate of drug-likeness (QED) is 0.835. The molecule has 1 N–H and O–H groups in total. The molecule has 0 radical (unpaired) electrons. The minimum Gasteiger partial charge on any atom is -0.388 e. The van der Waals surface area contributed by atoms with E-state index >= 15 is 0 Å². The molecule has 15 heavy (non-hydrogen) atoms. The van der Waals surface area contributed by atoms with Crippen LogP contribution in [0.4, 0.5) is 13.2 Å². The first kappa shape index (κ1) is 12.3. The Kier molecular flexibility index (Phi) is 3.62. The summed E-state index contributed by atoms with van der Waals surface area (Å²) < 4.78 is 36.9. The maximum atomic E-state index is 12.3. The lowest BCUT2D eigenvalue weighted by Crippen LogP contribution is -2.26. The van der Waals surface area contributed by atoms with Crippen molar-refractivity contribution in [2.75, 3.05) is 0 Å². The number of halogens is 4. The summed E-state index contributed by atoms with van der Waals surface area (Å²) >= 11 is 5.62. The van der Waals surface area contributed by atoms with Gasteiger partial charge in [0.25, 0.3) is 0 Å². The van der Waals surface area contributed by atoms with Gasteiger partial charge >= 0.3 is 6.18 Å². The minimum absolute atomic E-state index is 0.173. The molecule has 1 rings (SSSR count). The van der Waals surface area contributed by atoms with Crippen molar-refractivity contribution < 1.29 is 18.3 Å². The molecule has 0 spiro atoms. The van der Waals surface area contributed by atoms with Gasteiger partial charge in [0.1, 0.15) is 0 Å². The number of rotatable bonds is 2. The molecule has 1 aromatic carbocycles. The molecule has 0 bridgehead atoms. The molecule has 0 aromatic heterocycles. The summed E-state index contributed by atoms with van der Waals surface area (Å²) in [6.07, 6.45) is -5.99. The molecule has 0 aliphatic rings. The van der Waals surface area contributed by atoms with Crippen LogP contribution in [-0.4, -0.2) is 11.3 Å². The Morgan fingerprint density at radius 3 is 2.40 bits per heavy atom. The highest BCUT2D eigenvalue weighted by Gasteiger charge is 2.41. The molecular weight excluding hydrogens is 229 g/mol. The Morgan fingerprint density at radius 2 is 1.93 bits per heavy atom. The van der Waals surface area contributed by atoms with Gasteiger partial charge in [0.15, 0.2) is 0 Å². The van der Waals surface area contributed by atoms with E-state index in [0.29, 0.717) is 5.02 Å². The maximum absolute atomic E-state index is 12.3. The van der Waals surface area contributed by atoms with Crippen LogP contribution in [0.1, 0.15) is 18.6 Å². The fourth-order valence-electron chi connectivity index (χ4n) is 1.16. The van der Waals surface area contributed by atoms with Crippen LogP contribution in [0.5, 0.6) is 0 Å². The van der Waals surface area contributed by atoms with Crippen molar-refractivity contribution in [1.29, 1.82) is 0 Å². The molecule has 5 heteroatoms. The summed E-state index contributed by atoms with van der Waals surface area (Å²) in [7, 11) is 0. The molecule has 0 heterocycles. The Bertz CT molecular complexity index is 338. The van der Waals surface area contributed by atoms with Gasteiger partial charge in [0, 0.05) is 5.02 Å². The van der Waals surface area contributed by atoms with E-state index in [9.17, 15) is 18.3 Å². The van der Waals surface area contributed by atoms with Crippen molar-refractivity contribution in [2.45, 2.75) is 19.2 Å². The third-order valence-electron chi connectivity index (χ3n) is 2.18. The lowest BCUT2D eigenvalue weighted by molar-refractivity contribution is -0.195. The van der Waals surface area contributed by atoms with Gasteiger partial charge in [-0.2, -0.15) is 13.2 Å². The fraction of sp³-hybridized carbons (Fsp3) is 0.400. The second kappa shape index (κ2) is 4.41. The minimum atomic E-state index is -4.41. The van der Waals surface area contributed by atoms with Crippen molar-refractivity contribution in [3.8, 4) is 0 Å². The van der Waals surface area contributed by atoms with Crippen LogP contribution in [0.15, 0.2) is 24.3 Å². The molecule has 2 atom stereocenters. The van der Waals surface area contributed by atoms with Crippen LogP contribution >= 0.6 is 11.6 Å². The van der Waals surface area contributed by atoms with E-state index in [1.54, 1.807) is 0 Å². The van der Waals surface area contributed by atoms with Crippen molar-refractivity contribution in [1.82, 2.24) is 0 Å². The van der Waals surface area contributed by atoms with Crippen molar-refractivity contribution in [3.05, 3.63) is 34.9 Å². The first-order chi connectivity index (χ1) is 6.82. The third kappa shape index (κ3) is 3.11. The van der Waals surface area contributed by atoms with E-state index < -0.39 is 18.2 Å². The number of hydrogen-bond acceptors (Lipinski definition) is 1. The van der Waals surface area contributed by atoms with Crippen LogP contribution < -0.4 is 0 Å². The van der Waals surface area contributed by atoms with Gasteiger partial charge in [0.2, 0.25) is 0 Å². The molecule has 0 unspecified atom stereocenters. The van der Waals surface area contributed by atoms with Crippen LogP contribution in [-0.2, 0) is 0 Å². The number of aliphatic hydroxyl groups excluding tert-OH is 1. The molecule has 0 aliphatic carbocycles. The maximum Gasteiger partial charge on any atom is 0.394 e. The molecule has 1 nitrogen and oxygen atoms in total. The summed E-state index contributed by atoms with van der Waals surface area (Å²) in [5.41, 5.74) is 0.173. The monoisotopic (exact) mass is 238 g/mol. The molecule has 0 aliphatic heterocycles. The lowest BCUT2D eigenvalue weighted by atomic mass is 9.97. The highest BCUT2D eigenvalue weighted by Crippen LogP contribution is 2.36. The van der Waals surface area contributed by atoms with E-state index in [0.717, 1.165) is 6.92 Å². The molecule has 0 amide bonds. The molecular formula is C10H10ClF3O. The Hall–Kier alpha value is -0.740. The van der Waals surface area contributed by atoms with Crippen LogP contribution in [0.3, 0.4) is 0 Å². The molecule has 84 valence electrons. The zero-order chi connectivity index (χ0) is 11.6. The summed E-state index contributed by atoms with van der Waals surface area (Å²) in [5, 5.41) is 9.78. The topological polar surface area (TPSA) is 20.2 Å². The highest BCUT2D eigenvalue weighted by molar-refractivity contribution is 6.30. The molecule has 1 aromatic rings. The third-order valence-corrected chi connectivity index (χ3v) is 2.42. The van der Waals surface area contributed by atoms with E-state index in [-0.39, 0.29) is 5.56 Å². The van der Waals surface area contributed by atoms with E-state index in [1.165, 1.54) is 24.3 Å². The summed E-state index contributed by atoms with van der Waals surface area (Å²) in [6.45, 7) is 0.936. The first-order valence-corrected chi connectivity index (χ1v) is 4.70. The van der Waals surface area contributed by atoms with Gasteiger partial charge in [-0.3, -0.25) is 0 Å². The predicted octanol–water partition coefficient (Wildman–Crippen LogP) is 3.57. The van der Waals surface area contributed by atoms with Crippen LogP contribution in [0, 0.1) is 5.92 Å². The van der Waals surface area contributed by atoms with Gasteiger partial charge in [-0.05, 0) is 17.7 Å². The van der Waals surface area contributed by atoms with Gasteiger partial charge in [-0.25, -0.2) is 0 Å². The Morgan fingerprint density at radius 1 is 1.33 bits per heavy atom. The zero-order valence-corrected chi connectivity index (χ0v) is 8.68. The average Bonchev–Trinajstić information content (AvgIpc) is 2.14. The average molecular weight is 239 g/mol. The molecule has 0 saturated carbocycles. The molecule has 0 fully saturated rings. The standard InChI is InChI=1S/C10H10ClF3O/c1-6(10(12,13)14)9(15)7-3-2-4-8(11)5-7/h2-6,9,15H,1H3/t6-,9+/m1/s1. The molecule has 0 saturated heterocycles. The number of benzene rings is 1. The van der Waals surface area contributed by atoms with Gasteiger partial charge in [-0.1, -0.05) is 30.7 Å².